The zero-order chi connectivity index (χ0) is 12.6. The molecule has 0 spiro atoms. The summed E-state index contributed by atoms with van der Waals surface area (Å²) >= 11 is 0. The Balaban J connectivity index is 2.46. The Kier molecular flexibility index (Phi) is 2.85. The molecule has 0 radical (unpaired) electrons. The molecule has 0 aliphatic carbocycles. The number of nitrogens with zero attached hydrogens (tertiary/aromatic N) is 3. The van der Waals surface area contributed by atoms with Gasteiger partial charge in [0.1, 0.15) is 11.9 Å². The Bertz CT molecular complexity index is 547. The van der Waals surface area contributed by atoms with Gasteiger partial charge in [-0.15, -0.1) is 0 Å². The van der Waals surface area contributed by atoms with Gasteiger partial charge in [-0.25, -0.2) is 4.98 Å². The van der Waals surface area contributed by atoms with Crippen molar-refractivity contribution in [3.8, 4) is 0 Å². The highest BCUT2D eigenvalue weighted by molar-refractivity contribution is 5.46. The van der Waals surface area contributed by atoms with Crippen molar-refractivity contribution in [1.82, 2.24) is 14.8 Å². The SMILES string of the molecule is Cc1cnc(N)c(C(O)c2cn(C)nc2C)c1. The number of pyridine rings is 1. The standard InChI is InChI=1S/C12H16N4O/c1-7-4-9(12(13)14-5-7)11(17)10-6-16(3)15-8(10)2/h4-6,11,17H,1-3H3,(H2,13,14). The van der Waals surface area contributed by atoms with Crippen molar-refractivity contribution in [2.24, 2.45) is 7.05 Å². The second kappa shape index (κ2) is 4.18. The summed E-state index contributed by atoms with van der Waals surface area (Å²) in [6.45, 7) is 3.77. The van der Waals surface area contributed by atoms with Gasteiger partial charge in [-0.1, -0.05) is 0 Å². The average Bonchev–Trinajstić information content (AvgIpc) is 2.60. The molecule has 1 atom stereocenters. The molecular formula is C12H16N4O. The van der Waals surface area contributed by atoms with Crippen LogP contribution in [0.4, 0.5) is 5.82 Å². The summed E-state index contributed by atoms with van der Waals surface area (Å²) in [4.78, 5) is 4.05. The van der Waals surface area contributed by atoms with Gasteiger partial charge in [0.2, 0.25) is 0 Å². The largest absolute Gasteiger partial charge is 0.383 e. The lowest BCUT2D eigenvalue weighted by atomic mass is 10.0. The first-order valence-corrected chi connectivity index (χ1v) is 5.39. The van der Waals surface area contributed by atoms with E-state index in [-0.39, 0.29) is 0 Å². The minimum Gasteiger partial charge on any atom is -0.383 e. The highest BCUT2D eigenvalue weighted by atomic mass is 16.3. The van der Waals surface area contributed by atoms with Crippen LogP contribution < -0.4 is 5.73 Å². The Labute approximate surface area is 99.9 Å². The van der Waals surface area contributed by atoms with Crippen LogP contribution in [0.1, 0.15) is 28.5 Å². The second-order valence-corrected chi connectivity index (χ2v) is 4.23. The van der Waals surface area contributed by atoms with Crippen LogP contribution in [0.2, 0.25) is 0 Å². The summed E-state index contributed by atoms with van der Waals surface area (Å²) < 4.78 is 1.67. The van der Waals surface area contributed by atoms with Gasteiger partial charge in [0.05, 0.1) is 5.69 Å². The van der Waals surface area contributed by atoms with Crippen molar-refractivity contribution >= 4 is 5.82 Å². The van der Waals surface area contributed by atoms with Crippen molar-refractivity contribution in [2.75, 3.05) is 5.73 Å². The van der Waals surface area contributed by atoms with Gasteiger partial charge < -0.3 is 10.8 Å². The van der Waals surface area contributed by atoms with Crippen LogP contribution in [0.25, 0.3) is 0 Å². The topological polar surface area (TPSA) is 77.0 Å². The molecule has 1 unspecified atom stereocenters. The van der Waals surface area contributed by atoms with Crippen LogP contribution in [-0.2, 0) is 7.05 Å². The molecule has 0 aromatic carbocycles. The van der Waals surface area contributed by atoms with Gasteiger partial charge >= 0.3 is 0 Å². The van der Waals surface area contributed by atoms with E-state index in [9.17, 15) is 5.11 Å². The zero-order valence-corrected chi connectivity index (χ0v) is 10.2. The van der Waals surface area contributed by atoms with E-state index in [2.05, 4.69) is 10.1 Å². The van der Waals surface area contributed by atoms with Gasteiger partial charge in [0, 0.05) is 30.6 Å². The maximum absolute atomic E-state index is 10.3. The number of hydrogen-bond acceptors (Lipinski definition) is 4. The Hall–Kier alpha value is -1.88. The van der Waals surface area contributed by atoms with Crippen LogP contribution in [0.5, 0.6) is 0 Å². The van der Waals surface area contributed by atoms with Crippen LogP contribution in [-0.4, -0.2) is 19.9 Å². The van der Waals surface area contributed by atoms with Gasteiger partial charge in [0.25, 0.3) is 0 Å². The van der Waals surface area contributed by atoms with E-state index >= 15 is 0 Å². The Morgan fingerprint density at radius 1 is 1.35 bits per heavy atom. The quantitative estimate of drug-likeness (QED) is 0.812. The summed E-state index contributed by atoms with van der Waals surface area (Å²) in [7, 11) is 1.82. The maximum Gasteiger partial charge on any atom is 0.129 e. The van der Waals surface area contributed by atoms with Crippen molar-refractivity contribution in [2.45, 2.75) is 20.0 Å². The van der Waals surface area contributed by atoms with Crippen molar-refractivity contribution < 1.29 is 5.11 Å². The number of hydrogen-bond donors (Lipinski definition) is 2. The van der Waals surface area contributed by atoms with Crippen LogP contribution in [0.15, 0.2) is 18.5 Å². The van der Waals surface area contributed by atoms with Crippen molar-refractivity contribution in [3.63, 3.8) is 0 Å². The molecule has 3 N–H and O–H groups in total. The highest BCUT2D eigenvalue weighted by Crippen LogP contribution is 2.27. The zero-order valence-electron chi connectivity index (χ0n) is 10.2. The third kappa shape index (κ3) is 2.14. The van der Waals surface area contributed by atoms with E-state index in [0.29, 0.717) is 11.4 Å². The number of rotatable bonds is 2. The predicted molar refractivity (Wildman–Crippen MR) is 65.4 cm³/mol. The molecule has 0 amide bonds. The summed E-state index contributed by atoms with van der Waals surface area (Å²) in [6, 6.07) is 1.85. The lowest BCUT2D eigenvalue weighted by molar-refractivity contribution is 0.220. The minimum absolute atomic E-state index is 0.353. The molecule has 0 fully saturated rings. The molecule has 2 aromatic heterocycles. The number of aryl methyl sites for hydroxylation is 3. The molecule has 2 aromatic rings. The van der Waals surface area contributed by atoms with E-state index in [1.807, 2.05) is 27.0 Å². The first-order chi connectivity index (χ1) is 7.99. The number of aliphatic hydroxyl groups is 1. The average molecular weight is 232 g/mol. The number of aromatic nitrogens is 3. The normalized spacial score (nSPS) is 12.7. The molecule has 90 valence electrons. The molecule has 0 aliphatic heterocycles. The molecule has 0 aliphatic rings. The van der Waals surface area contributed by atoms with Crippen LogP contribution in [0.3, 0.4) is 0 Å². The molecule has 0 saturated heterocycles. The van der Waals surface area contributed by atoms with E-state index in [4.69, 9.17) is 5.73 Å². The lowest BCUT2D eigenvalue weighted by Crippen LogP contribution is -2.06. The summed E-state index contributed by atoms with van der Waals surface area (Å²) in [5.74, 6) is 0.353. The minimum atomic E-state index is -0.781. The molecule has 0 bridgehead atoms. The molecule has 17 heavy (non-hydrogen) atoms. The second-order valence-electron chi connectivity index (χ2n) is 4.23. The van der Waals surface area contributed by atoms with Crippen molar-refractivity contribution in [1.29, 1.82) is 0 Å². The van der Waals surface area contributed by atoms with Gasteiger partial charge in [-0.05, 0) is 25.5 Å². The summed E-state index contributed by atoms with van der Waals surface area (Å²) in [5, 5.41) is 14.5. The van der Waals surface area contributed by atoms with E-state index in [1.54, 1.807) is 17.1 Å². The molecule has 5 nitrogen and oxygen atoms in total. The summed E-state index contributed by atoms with van der Waals surface area (Å²) in [6.07, 6.45) is 2.69. The fraction of sp³-hybridized carbons (Fsp3) is 0.333. The number of nitrogen functional groups attached to an aromatic ring is 1. The van der Waals surface area contributed by atoms with Crippen LogP contribution in [0, 0.1) is 13.8 Å². The number of anilines is 1. The highest BCUT2D eigenvalue weighted by Gasteiger charge is 2.18. The van der Waals surface area contributed by atoms with Crippen molar-refractivity contribution in [3.05, 3.63) is 40.8 Å². The Morgan fingerprint density at radius 2 is 2.06 bits per heavy atom. The predicted octanol–water partition coefficient (Wildman–Crippen LogP) is 1.10. The maximum atomic E-state index is 10.3. The Morgan fingerprint density at radius 3 is 2.65 bits per heavy atom. The molecule has 2 heterocycles. The fourth-order valence-electron chi connectivity index (χ4n) is 1.88. The third-order valence-corrected chi connectivity index (χ3v) is 2.73. The molecule has 5 heteroatoms. The lowest BCUT2D eigenvalue weighted by Gasteiger charge is -2.12. The smallest absolute Gasteiger partial charge is 0.129 e. The van der Waals surface area contributed by atoms with Gasteiger partial charge in [0.15, 0.2) is 0 Å². The molecule has 2 rings (SSSR count). The molecular weight excluding hydrogens is 216 g/mol. The first kappa shape index (κ1) is 11.6. The number of nitrogens with two attached hydrogens (primary N) is 1. The van der Waals surface area contributed by atoms with E-state index in [0.717, 1.165) is 16.8 Å². The molecule has 0 saturated carbocycles. The third-order valence-electron chi connectivity index (χ3n) is 2.73. The fourth-order valence-corrected chi connectivity index (χ4v) is 1.88. The first-order valence-electron chi connectivity index (χ1n) is 5.39. The van der Waals surface area contributed by atoms with E-state index < -0.39 is 6.10 Å². The number of aliphatic hydroxyl groups excluding tert-OH is 1. The van der Waals surface area contributed by atoms with Gasteiger partial charge in [-0.2, -0.15) is 5.10 Å². The summed E-state index contributed by atoms with van der Waals surface area (Å²) in [5.41, 5.74) is 8.93. The van der Waals surface area contributed by atoms with Crippen LogP contribution >= 0.6 is 0 Å². The van der Waals surface area contributed by atoms with Gasteiger partial charge in [-0.3, -0.25) is 4.68 Å². The van der Waals surface area contributed by atoms with E-state index in [1.165, 1.54) is 0 Å². The monoisotopic (exact) mass is 232 g/mol.